The van der Waals surface area contributed by atoms with Crippen LogP contribution in [0, 0.1) is 12.7 Å². The number of anilines is 1. The van der Waals surface area contributed by atoms with Crippen molar-refractivity contribution >= 4 is 40.9 Å². The molecule has 0 aliphatic heterocycles. The summed E-state index contributed by atoms with van der Waals surface area (Å²) in [5.41, 5.74) is 1.47. The molecule has 0 aliphatic rings. The van der Waals surface area contributed by atoms with Gasteiger partial charge in [0.2, 0.25) is 5.91 Å². The first-order valence-electron chi connectivity index (χ1n) is 10.1. The molecule has 0 fully saturated rings. The summed E-state index contributed by atoms with van der Waals surface area (Å²) in [7, 11) is 0. The Bertz CT molecular complexity index is 1180. The van der Waals surface area contributed by atoms with Crippen molar-refractivity contribution in [2.75, 3.05) is 11.1 Å². The maximum atomic E-state index is 13.9. The third-order valence-corrected chi connectivity index (χ3v) is 6.07. The van der Waals surface area contributed by atoms with Gasteiger partial charge in [-0.05, 0) is 43.7 Å². The zero-order chi connectivity index (χ0) is 24.0. The molecule has 172 valence electrons. The van der Waals surface area contributed by atoms with Gasteiger partial charge in [-0.25, -0.2) is 4.39 Å². The number of amides is 2. The highest BCUT2D eigenvalue weighted by Gasteiger charge is 2.21. The van der Waals surface area contributed by atoms with E-state index in [0.717, 1.165) is 5.56 Å². The number of nitrogens with zero attached hydrogens (tertiary/aromatic N) is 3. The molecule has 2 N–H and O–H groups in total. The Balaban J connectivity index is 1.67. The molecule has 1 atom stereocenters. The predicted octanol–water partition coefficient (Wildman–Crippen LogP) is 4.79. The average molecular weight is 488 g/mol. The van der Waals surface area contributed by atoms with Gasteiger partial charge >= 0.3 is 0 Å². The number of nitrogens with one attached hydrogen (secondary N) is 2. The molecular weight excluding hydrogens is 465 g/mol. The SMILES string of the molecule is C=CCn1c(SCC(=O)Nc2ccc(C)c(Cl)c2)nnc1C(C)NC(=O)c1ccccc1F. The van der Waals surface area contributed by atoms with Gasteiger partial charge < -0.3 is 15.2 Å². The summed E-state index contributed by atoms with van der Waals surface area (Å²) in [5.74, 6) is -0.828. The van der Waals surface area contributed by atoms with E-state index >= 15 is 0 Å². The first-order chi connectivity index (χ1) is 15.8. The number of allylic oxidation sites excluding steroid dienone is 1. The van der Waals surface area contributed by atoms with Gasteiger partial charge in [0, 0.05) is 17.3 Å². The van der Waals surface area contributed by atoms with Crippen LogP contribution in [0.4, 0.5) is 10.1 Å². The highest BCUT2D eigenvalue weighted by Crippen LogP contribution is 2.23. The molecule has 7 nitrogen and oxygen atoms in total. The molecule has 2 amide bonds. The molecule has 10 heteroatoms. The molecule has 0 bridgehead atoms. The quantitative estimate of drug-likeness (QED) is 0.335. The molecule has 0 saturated heterocycles. The normalized spacial score (nSPS) is 11.6. The number of benzene rings is 2. The van der Waals surface area contributed by atoms with Crippen molar-refractivity contribution in [3.05, 3.63) is 82.9 Å². The van der Waals surface area contributed by atoms with Crippen molar-refractivity contribution in [2.45, 2.75) is 31.6 Å². The fraction of sp³-hybridized carbons (Fsp3) is 0.217. The monoisotopic (exact) mass is 487 g/mol. The Hall–Kier alpha value is -3.17. The first kappa shape index (κ1) is 24.5. The second kappa shape index (κ2) is 11.1. The third-order valence-electron chi connectivity index (χ3n) is 4.70. The van der Waals surface area contributed by atoms with Gasteiger partial charge in [-0.15, -0.1) is 16.8 Å². The number of halogens is 2. The van der Waals surface area contributed by atoms with Crippen LogP contribution in [0.5, 0.6) is 0 Å². The van der Waals surface area contributed by atoms with Gasteiger partial charge in [0.25, 0.3) is 5.91 Å². The van der Waals surface area contributed by atoms with E-state index in [1.165, 1.54) is 30.0 Å². The minimum absolute atomic E-state index is 0.0541. The minimum atomic E-state index is -0.605. The van der Waals surface area contributed by atoms with Gasteiger partial charge in [-0.3, -0.25) is 9.59 Å². The van der Waals surface area contributed by atoms with Crippen LogP contribution in [-0.4, -0.2) is 32.3 Å². The number of carbonyl (C=O) groups is 2. The molecule has 0 saturated carbocycles. The summed E-state index contributed by atoms with van der Waals surface area (Å²) in [6.07, 6.45) is 1.66. The zero-order valence-corrected chi connectivity index (χ0v) is 19.7. The molecule has 1 unspecified atom stereocenters. The average Bonchev–Trinajstić information content (AvgIpc) is 3.18. The molecule has 3 rings (SSSR count). The maximum absolute atomic E-state index is 13.9. The second-order valence-corrected chi connectivity index (χ2v) is 8.57. The van der Waals surface area contributed by atoms with E-state index in [0.29, 0.717) is 28.2 Å². The lowest BCUT2D eigenvalue weighted by Gasteiger charge is -2.15. The largest absolute Gasteiger partial charge is 0.342 e. The maximum Gasteiger partial charge on any atom is 0.254 e. The van der Waals surface area contributed by atoms with Crippen molar-refractivity contribution in [2.24, 2.45) is 0 Å². The topological polar surface area (TPSA) is 88.9 Å². The van der Waals surface area contributed by atoms with Crippen molar-refractivity contribution in [1.29, 1.82) is 0 Å². The van der Waals surface area contributed by atoms with Gasteiger partial charge in [-0.2, -0.15) is 0 Å². The Morgan fingerprint density at radius 3 is 2.73 bits per heavy atom. The third kappa shape index (κ3) is 6.21. The van der Waals surface area contributed by atoms with Crippen LogP contribution in [0.3, 0.4) is 0 Å². The molecule has 3 aromatic rings. The molecule has 0 aliphatic carbocycles. The number of aromatic nitrogens is 3. The fourth-order valence-electron chi connectivity index (χ4n) is 3.01. The smallest absolute Gasteiger partial charge is 0.254 e. The van der Waals surface area contributed by atoms with E-state index in [1.807, 2.05) is 13.0 Å². The van der Waals surface area contributed by atoms with E-state index in [1.54, 1.807) is 35.8 Å². The van der Waals surface area contributed by atoms with E-state index in [4.69, 9.17) is 11.6 Å². The summed E-state index contributed by atoms with van der Waals surface area (Å²) in [5, 5.41) is 14.9. The van der Waals surface area contributed by atoms with Gasteiger partial charge in [0.05, 0.1) is 17.4 Å². The Labute approximate surface area is 200 Å². The van der Waals surface area contributed by atoms with Crippen LogP contribution in [0.1, 0.15) is 34.7 Å². The fourth-order valence-corrected chi connectivity index (χ4v) is 3.95. The highest BCUT2D eigenvalue weighted by molar-refractivity contribution is 7.99. The van der Waals surface area contributed by atoms with Crippen LogP contribution in [0.15, 0.2) is 60.3 Å². The van der Waals surface area contributed by atoms with E-state index < -0.39 is 17.8 Å². The zero-order valence-electron chi connectivity index (χ0n) is 18.1. The number of aryl methyl sites for hydroxylation is 1. The number of thioether (sulfide) groups is 1. The Morgan fingerprint density at radius 2 is 2.03 bits per heavy atom. The lowest BCUT2D eigenvalue weighted by molar-refractivity contribution is -0.113. The summed E-state index contributed by atoms with van der Waals surface area (Å²) < 4.78 is 15.7. The molecule has 0 spiro atoms. The Morgan fingerprint density at radius 1 is 1.27 bits per heavy atom. The van der Waals surface area contributed by atoms with Crippen molar-refractivity contribution in [1.82, 2.24) is 20.1 Å². The van der Waals surface area contributed by atoms with Crippen LogP contribution in [0.2, 0.25) is 5.02 Å². The predicted molar refractivity (Wildman–Crippen MR) is 128 cm³/mol. The lowest BCUT2D eigenvalue weighted by atomic mass is 10.2. The molecule has 1 heterocycles. The molecular formula is C23H23ClFN5O2S. The van der Waals surface area contributed by atoms with Crippen molar-refractivity contribution in [3.8, 4) is 0 Å². The summed E-state index contributed by atoms with van der Waals surface area (Å²) in [6.45, 7) is 7.73. The minimum Gasteiger partial charge on any atom is -0.342 e. The van der Waals surface area contributed by atoms with Crippen LogP contribution >= 0.6 is 23.4 Å². The van der Waals surface area contributed by atoms with Crippen molar-refractivity contribution < 1.29 is 14.0 Å². The summed E-state index contributed by atoms with van der Waals surface area (Å²) in [4.78, 5) is 24.8. The van der Waals surface area contributed by atoms with E-state index in [9.17, 15) is 14.0 Å². The summed E-state index contributed by atoms with van der Waals surface area (Å²) in [6, 6.07) is 10.5. The first-order valence-corrected chi connectivity index (χ1v) is 11.4. The van der Waals surface area contributed by atoms with Gasteiger partial charge in [0.15, 0.2) is 11.0 Å². The number of rotatable bonds is 9. The second-order valence-electron chi connectivity index (χ2n) is 7.22. The van der Waals surface area contributed by atoms with Gasteiger partial charge in [-0.1, -0.05) is 47.6 Å². The Kier molecular flexibility index (Phi) is 8.24. The van der Waals surface area contributed by atoms with Gasteiger partial charge in [0.1, 0.15) is 5.82 Å². The van der Waals surface area contributed by atoms with Crippen LogP contribution in [0.25, 0.3) is 0 Å². The molecule has 33 heavy (non-hydrogen) atoms. The standard InChI is InChI=1S/C23H23ClFN5O2S/c1-4-11-30-21(15(3)26-22(32)17-7-5-6-8-19(17)25)28-29-23(30)33-13-20(31)27-16-10-9-14(2)18(24)12-16/h4-10,12,15H,1,11,13H2,2-3H3,(H,26,32)(H,27,31). The molecule has 2 aromatic carbocycles. The van der Waals surface area contributed by atoms with E-state index in [2.05, 4.69) is 27.4 Å². The number of hydrogen-bond acceptors (Lipinski definition) is 5. The molecule has 1 aromatic heterocycles. The highest BCUT2D eigenvalue weighted by atomic mass is 35.5. The summed E-state index contributed by atoms with van der Waals surface area (Å²) >= 11 is 7.31. The molecule has 0 radical (unpaired) electrons. The van der Waals surface area contributed by atoms with Crippen molar-refractivity contribution in [3.63, 3.8) is 0 Å². The number of hydrogen-bond donors (Lipinski definition) is 2. The number of carbonyl (C=O) groups excluding carboxylic acids is 2. The van der Waals surface area contributed by atoms with Crippen LogP contribution < -0.4 is 10.6 Å². The lowest BCUT2D eigenvalue weighted by Crippen LogP contribution is -2.29. The van der Waals surface area contributed by atoms with E-state index in [-0.39, 0.29) is 17.2 Å². The van der Waals surface area contributed by atoms with Crippen LogP contribution in [-0.2, 0) is 11.3 Å².